The predicted octanol–water partition coefficient (Wildman–Crippen LogP) is 6.68. The second-order valence-electron chi connectivity index (χ2n) is 6.77. The molecule has 3 aromatic carbocycles. The molecule has 0 spiro atoms. The Morgan fingerprint density at radius 2 is 1.65 bits per heavy atom. The van der Waals surface area contributed by atoms with Gasteiger partial charge in [-0.1, -0.05) is 54.4 Å². The summed E-state index contributed by atoms with van der Waals surface area (Å²) in [5.41, 5.74) is 3.19. The van der Waals surface area contributed by atoms with E-state index in [1.165, 1.54) is 6.08 Å². The van der Waals surface area contributed by atoms with Crippen LogP contribution in [0.1, 0.15) is 23.6 Å². The Morgan fingerprint density at radius 1 is 1.00 bits per heavy atom. The third kappa shape index (κ3) is 6.36. The molecule has 0 saturated carbocycles. The number of nitrogens with zero attached hydrogens (tertiary/aromatic N) is 1. The Morgan fingerprint density at radius 3 is 2.29 bits per heavy atom. The van der Waals surface area contributed by atoms with E-state index in [-0.39, 0.29) is 5.57 Å². The van der Waals surface area contributed by atoms with Crippen molar-refractivity contribution < 1.29 is 9.53 Å². The number of carbonyl (C=O) groups excluding carboxylic acids is 1. The van der Waals surface area contributed by atoms with Gasteiger partial charge in [0.15, 0.2) is 0 Å². The van der Waals surface area contributed by atoms with Crippen LogP contribution in [0.4, 0.5) is 5.69 Å². The molecule has 0 aliphatic heterocycles. The molecule has 0 fully saturated rings. The molecule has 0 radical (unpaired) electrons. The molecule has 0 aromatic heterocycles. The van der Waals surface area contributed by atoms with Gasteiger partial charge in [-0.15, -0.1) is 0 Å². The third-order valence-electron chi connectivity index (χ3n) is 4.56. The molecule has 0 aliphatic rings. The lowest BCUT2D eigenvalue weighted by molar-refractivity contribution is -0.112. The van der Waals surface area contributed by atoms with Gasteiger partial charge in [0.2, 0.25) is 0 Å². The lowest BCUT2D eigenvalue weighted by Crippen LogP contribution is -2.13. The van der Waals surface area contributed by atoms with E-state index >= 15 is 0 Å². The fourth-order valence-corrected chi connectivity index (χ4v) is 3.14. The van der Waals surface area contributed by atoms with Gasteiger partial charge in [0.05, 0.1) is 0 Å². The Balaban J connectivity index is 1.80. The summed E-state index contributed by atoms with van der Waals surface area (Å²) in [4.78, 5) is 12.6. The molecule has 0 bridgehead atoms. The summed E-state index contributed by atoms with van der Waals surface area (Å²) in [6.45, 7) is 2.36. The zero-order chi connectivity index (χ0) is 22.2. The fraction of sp³-hybridized carbons (Fsp3) is 0.120. The van der Waals surface area contributed by atoms with Gasteiger partial charge in [-0.05, 0) is 66.1 Å². The number of anilines is 1. The zero-order valence-electron chi connectivity index (χ0n) is 16.9. The second kappa shape index (κ2) is 10.7. The van der Waals surface area contributed by atoms with Gasteiger partial charge in [0, 0.05) is 21.3 Å². The second-order valence-corrected chi connectivity index (χ2v) is 7.64. The number of hydrogen-bond donors (Lipinski definition) is 1. The minimum Gasteiger partial charge on any atom is -0.488 e. The van der Waals surface area contributed by atoms with Crippen LogP contribution in [0.15, 0.2) is 72.3 Å². The number of nitriles is 1. The quantitative estimate of drug-likeness (QED) is 0.322. The van der Waals surface area contributed by atoms with Crippen LogP contribution < -0.4 is 10.1 Å². The summed E-state index contributed by atoms with van der Waals surface area (Å²) in [7, 11) is 0. The van der Waals surface area contributed by atoms with Crippen LogP contribution in [0, 0.1) is 11.3 Å². The summed E-state index contributed by atoms with van der Waals surface area (Å²) < 4.78 is 5.90. The average molecular weight is 451 g/mol. The number of halogens is 2. The molecule has 3 rings (SSSR count). The van der Waals surface area contributed by atoms with Crippen molar-refractivity contribution in [2.75, 3.05) is 5.32 Å². The van der Waals surface area contributed by atoms with Crippen molar-refractivity contribution in [3.05, 3.63) is 99.0 Å². The molecule has 0 unspecified atom stereocenters. The first kappa shape index (κ1) is 22.4. The van der Waals surface area contributed by atoms with E-state index in [0.29, 0.717) is 33.7 Å². The number of ether oxygens (including phenoxy) is 1. The van der Waals surface area contributed by atoms with Crippen molar-refractivity contribution in [1.29, 1.82) is 5.26 Å². The third-order valence-corrected chi connectivity index (χ3v) is 5.05. The first-order chi connectivity index (χ1) is 15.0. The first-order valence-electron chi connectivity index (χ1n) is 9.67. The summed E-state index contributed by atoms with van der Waals surface area (Å²) in [6, 6.07) is 21.8. The van der Waals surface area contributed by atoms with E-state index in [0.717, 1.165) is 17.5 Å². The van der Waals surface area contributed by atoms with Gasteiger partial charge in [-0.25, -0.2) is 0 Å². The van der Waals surface area contributed by atoms with Crippen molar-refractivity contribution in [3.8, 4) is 11.8 Å². The Kier molecular flexibility index (Phi) is 7.72. The molecule has 4 nitrogen and oxygen atoms in total. The maximum Gasteiger partial charge on any atom is 0.266 e. The molecule has 0 heterocycles. The monoisotopic (exact) mass is 450 g/mol. The summed E-state index contributed by atoms with van der Waals surface area (Å²) in [5, 5.41) is 13.4. The molecule has 31 heavy (non-hydrogen) atoms. The van der Waals surface area contributed by atoms with Crippen molar-refractivity contribution in [2.24, 2.45) is 0 Å². The number of carbonyl (C=O) groups is 1. The Hall–Kier alpha value is -3.26. The SMILES string of the molecule is CCc1ccc(NC(=O)/C(C#N)=C/c2cc(Cl)ccc2OCc2ccc(Cl)cc2)cc1. The van der Waals surface area contributed by atoms with E-state index in [4.69, 9.17) is 27.9 Å². The van der Waals surface area contributed by atoms with Gasteiger partial charge in [-0.2, -0.15) is 5.26 Å². The highest BCUT2D eigenvalue weighted by atomic mass is 35.5. The normalized spacial score (nSPS) is 11.0. The number of benzene rings is 3. The zero-order valence-corrected chi connectivity index (χ0v) is 18.4. The van der Waals surface area contributed by atoms with E-state index in [1.807, 2.05) is 42.5 Å². The van der Waals surface area contributed by atoms with Crippen molar-refractivity contribution in [3.63, 3.8) is 0 Å². The van der Waals surface area contributed by atoms with Gasteiger partial charge in [0.1, 0.15) is 24.0 Å². The molecular formula is C25H20Cl2N2O2. The van der Waals surface area contributed by atoms with Crippen molar-refractivity contribution in [2.45, 2.75) is 20.0 Å². The molecule has 0 atom stereocenters. The number of aryl methyl sites for hydroxylation is 1. The van der Waals surface area contributed by atoms with E-state index < -0.39 is 5.91 Å². The molecule has 1 N–H and O–H groups in total. The molecule has 1 amide bonds. The van der Waals surface area contributed by atoms with Crippen molar-refractivity contribution in [1.82, 2.24) is 0 Å². The number of amides is 1. The van der Waals surface area contributed by atoms with Gasteiger partial charge in [-0.3, -0.25) is 4.79 Å². The standard InChI is InChI=1S/C25H20Cl2N2O2/c1-2-17-5-10-23(11-6-17)29-25(30)20(15-28)13-19-14-22(27)9-12-24(19)31-16-18-3-7-21(26)8-4-18/h3-14H,2,16H2,1H3,(H,29,30)/b20-13+. The minimum absolute atomic E-state index is 0.0572. The number of nitrogens with one attached hydrogen (secondary N) is 1. The highest BCUT2D eigenvalue weighted by Gasteiger charge is 2.12. The van der Waals surface area contributed by atoms with Crippen molar-refractivity contribution >= 4 is 40.9 Å². The minimum atomic E-state index is -0.504. The Labute approximate surface area is 191 Å². The van der Waals surface area contributed by atoms with Crippen LogP contribution in [0.2, 0.25) is 10.0 Å². The lowest BCUT2D eigenvalue weighted by atomic mass is 10.1. The maximum absolute atomic E-state index is 12.6. The van der Waals surface area contributed by atoms with E-state index in [1.54, 1.807) is 30.3 Å². The summed E-state index contributed by atoms with van der Waals surface area (Å²) >= 11 is 12.0. The molecular weight excluding hydrogens is 431 g/mol. The average Bonchev–Trinajstić information content (AvgIpc) is 2.78. The van der Waals surface area contributed by atoms with Crippen LogP contribution in [-0.2, 0) is 17.8 Å². The fourth-order valence-electron chi connectivity index (χ4n) is 2.83. The summed E-state index contributed by atoms with van der Waals surface area (Å²) in [6.07, 6.45) is 2.38. The van der Waals surface area contributed by atoms with Gasteiger partial charge in [0.25, 0.3) is 5.91 Å². The molecule has 156 valence electrons. The van der Waals surface area contributed by atoms with Crippen LogP contribution in [0.3, 0.4) is 0 Å². The lowest BCUT2D eigenvalue weighted by Gasteiger charge is -2.11. The highest BCUT2D eigenvalue weighted by molar-refractivity contribution is 6.31. The topological polar surface area (TPSA) is 62.1 Å². The van der Waals surface area contributed by atoms with Gasteiger partial charge < -0.3 is 10.1 Å². The number of rotatable bonds is 7. The summed E-state index contributed by atoms with van der Waals surface area (Å²) in [5.74, 6) is 0.00238. The van der Waals surface area contributed by atoms with Crippen LogP contribution in [0.25, 0.3) is 6.08 Å². The molecule has 0 saturated heterocycles. The van der Waals surface area contributed by atoms with Crippen LogP contribution in [0.5, 0.6) is 5.75 Å². The highest BCUT2D eigenvalue weighted by Crippen LogP contribution is 2.27. The largest absolute Gasteiger partial charge is 0.488 e. The molecule has 6 heteroatoms. The van der Waals surface area contributed by atoms with Crippen LogP contribution in [-0.4, -0.2) is 5.91 Å². The van der Waals surface area contributed by atoms with Gasteiger partial charge >= 0.3 is 0 Å². The van der Waals surface area contributed by atoms with E-state index in [9.17, 15) is 10.1 Å². The predicted molar refractivity (Wildman–Crippen MR) is 125 cm³/mol. The number of hydrogen-bond acceptors (Lipinski definition) is 3. The van der Waals surface area contributed by atoms with E-state index in [2.05, 4.69) is 12.2 Å². The Bertz CT molecular complexity index is 1130. The smallest absolute Gasteiger partial charge is 0.266 e. The molecule has 0 aliphatic carbocycles. The first-order valence-corrected chi connectivity index (χ1v) is 10.4. The maximum atomic E-state index is 12.6. The van der Waals surface area contributed by atoms with Crippen LogP contribution >= 0.6 is 23.2 Å². The molecule has 3 aromatic rings.